The average Bonchev–Trinajstić information content (AvgIpc) is 3.28. The molecule has 1 aromatic carbocycles. The van der Waals surface area contributed by atoms with Gasteiger partial charge >= 0.3 is 5.97 Å². The number of esters is 1. The van der Waals surface area contributed by atoms with Gasteiger partial charge in [0.1, 0.15) is 0 Å². The van der Waals surface area contributed by atoms with Gasteiger partial charge in [0.2, 0.25) is 5.78 Å². The predicted molar refractivity (Wildman–Crippen MR) is 132 cm³/mol. The van der Waals surface area contributed by atoms with Crippen LogP contribution >= 0.6 is 39.0 Å². The third kappa shape index (κ3) is 4.10. The maximum atomic E-state index is 13.5. The van der Waals surface area contributed by atoms with Gasteiger partial charge in [-0.25, -0.2) is 4.79 Å². The topological polar surface area (TPSA) is 47.8 Å². The lowest BCUT2D eigenvalue weighted by Gasteiger charge is -2.04. The van der Waals surface area contributed by atoms with E-state index >= 15 is 0 Å². The molecule has 0 spiro atoms. The van der Waals surface area contributed by atoms with E-state index in [0.29, 0.717) is 21.4 Å². The Hall–Kier alpha value is -2.35. The van der Waals surface area contributed by atoms with Crippen LogP contribution in [0.2, 0.25) is 0 Å². The monoisotopic (exact) mass is 513 g/mol. The van der Waals surface area contributed by atoms with Crippen LogP contribution in [0.15, 0.2) is 69.5 Å². The van der Waals surface area contributed by atoms with Crippen LogP contribution in [0.1, 0.15) is 39.4 Å². The smallest absolute Gasteiger partial charge is 0.341 e. The van der Waals surface area contributed by atoms with E-state index in [4.69, 9.17) is 4.74 Å². The number of benzene rings is 1. The number of hydrogen-bond donors (Lipinski definition) is 0. The number of halogens is 1. The Bertz CT molecular complexity index is 1320. The van der Waals surface area contributed by atoms with Crippen LogP contribution in [-0.4, -0.2) is 28.5 Å². The zero-order valence-electron chi connectivity index (χ0n) is 17.1. The maximum absolute atomic E-state index is 13.5. The highest BCUT2D eigenvalue weighted by Gasteiger charge is 2.29. The lowest BCUT2D eigenvalue weighted by molar-refractivity contribution is 0.0531. The zero-order chi connectivity index (χ0) is 22.1. The molecule has 7 heteroatoms. The Morgan fingerprint density at radius 2 is 1.94 bits per heavy atom. The lowest BCUT2D eigenvalue weighted by Crippen LogP contribution is -2.06. The summed E-state index contributed by atoms with van der Waals surface area (Å²) in [6, 6.07) is 13.0. The first-order valence-electron chi connectivity index (χ1n) is 9.72. The second-order valence-corrected chi connectivity index (χ2v) is 10.3. The van der Waals surface area contributed by atoms with Gasteiger partial charge in [0, 0.05) is 27.4 Å². The predicted octanol–water partition coefficient (Wildman–Crippen LogP) is 6.99. The summed E-state index contributed by atoms with van der Waals surface area (Å²) in [5.74, 6) is 0.211. The van der Waals surface area contributed by atoms with Crippen LogP contribution in [0.3, 0.4) is 0 Å². The van der Waals surface area contributed by atoms with Gasteiger partial charge < -0.3 is 9.14 Å². The van der Waals surface area contributed by atoms with Gasteiger partial charge in [-0.1, -0.05) is 34.1 Å². The summed E-state index contributed by atoms with van der Waals surface area (Å²) in [6.07, 6.45) is 1.92. The van der Waals surface area contributed by atoms with E-state index in [9.17, 15) is 9.59 Å². The van der Waals surface area contributed by atoms with Crippen molar-refractivity contribution < 1.29 is 14.3 Å². The summed E-state index contributed by atoms with van der Waals surface area (Å²) in [4.78, 5) is 27.1. The number of carbonyl (C=O) groups is 2. The highest BCUT2D eigenvalue weighted by atomic mass is 79.9. The minimum atomic E-state index is -0.416. The molecule has 0 saturated carbocycles. The van der Waals surface area contributed by atoms with E-state index in [1.165, 1.54) is 11.3 Å². The summed E-state index contributed by atoms with van der Waals surface area (Å²) < 4.78 is 9.25. The molecule has 4 nitrogen and oxygen atoms in total. The molecule has 0 bridgehead atoms. The van der Waals surface area contributed by atoms with Crippen LogP contribution in [0.4, 0.5) is 0 Å². The first-order valence-corrected chi connectivity index (χ1v) is 12.3. The molecule has 0 unspecified atom stereocenters. The molecule has 0 aliphatic heterocycles. The lowest BCUT2D eigenvalue weighted by atomic mass is 10.1. The van der Waals surface area contributed by atoms with Crippen LogP contribution < -0.4 is 0 Å². The van der Waals surface area contributed by atoms with Crippen molar-refractivity contribution in [2.24, 2.45) is 0 Å². The summed E-state index contributed by atoms with van der Waals surface area (Å²) in [6.45, 7) is 8.02. The molecular formula is C24H20BrNO3S2. The van der Waals surface area contributed by atoms with Crippen LogP contribution in [0, 0.1) is 0 Å². The number of thioether (sulfide) groups is 1. The number of ketones is 1. The quantitative estimate of drug-likeness (QED) is 0.115. The van der Waals surface area contributed by atoms with Crippen molar-refractivity contribution in [3.8, 4) is 0 Å². The minimum absolute atomic E-state index is 0.105. The van der Waals surface area contributed by atoms with E-state index in [0.717, 1.165) is 31.0 Å². The Morgan fingerprint density at radius 3 is 2.61 bits per heavy atom. The molecule has 4 rings (SSSR count). The number of carbonyl (C=O) groups excluding carboxylic acids is 2. The van der Waals surface area contributed by atoms with Crippen molar-refractivity contribution >= 4 is 67.2 Å². The third-order valence-electron chi connectivity index (χ3n) is 4.70. The summed E-state index contributed by atoms with van der Waals surface area (Å²) in [5, 5.41) is 0.659. The molecule has 3 aromatic heterocycles. The van der Waals surface area contributed by atoms with Gasteiger partial charge in [0.05, 0.1) is 32.3 Å². The van der Waals surface area contributed by atoms with E-state index < -0.39 is 5.97 Å². The number of rotatable bonds is 7. The number of aromatic nitrogens is 1. The molecule has 3 heterocycles. The normalized spacial score (nSPS) is 11.2. The fourth-order valence-corrected chi connectivity index (χ4v) is 6.05. The van der Waals surface area contributed by atoms with Gasteiger partial charge in [0.15, 0.2) is 0 Å². The van der Waals surface area contributed by atoms with Gasteiger partial charge in [-0.2, -0.15) is 0 Å². The molecule has 0 radical (unpaired) electrons. The van der Waals surface area contributed by atoms with Gasteiger partial charge in [-0.05, 0) is 50.2 Å². The van der Waals surface area contributed by atoms with Crippen molar-refractivity contribution in [3.63, 3.8) is 0 Å². The highest BCUT2D eigenvalue weighted by Crippen LogP contribution is 2.44. The second-order valence-electron chi connectivity index (χ2n) is 7.08. The van der Waals surface area contributed by atoms with Gasteiger partial charge in [0.25, 0.3) is 0 Å². The fourth-order valence-electron chi connectivity index (χ4n) is 3.41. The van der Waals surface area contributed by atoms with Crippen molar-refractivity contribution in [1.29, 1.82) is 0 Å². The number of pyridine rings is 1. The zero-order valence-corrected chi connectivity index (χ0v) is 20.3. The number of nitrogens with zero attached hydrogens (tertiary/aromatic N) is 1. The molecule has 0 atom stereocenters. The molecule has 0 aliphatic carbocycles. The van der Waals surface area contributed by atoms with E-state index in [1.54, 1.807) is 30.8 Å². The van der Waals surface area contributed by atoms with E-state index in [1.807, 2.05) is 47.9 Å². The summed E-state index contributed by atoms with van der Waals surface area (Å²) in [7, 11) is 0. The summed E-state index contributed by atoms with van der Waals surface area (Å²) >= 11 is 6.47. The van der Waals surface area contributed by atoms with Crippen LogP contribution in [-0.2, 0) is 4.74 Å². The molecule has 0 amide bonds. The molecule has 4 aromatic rings. The first-order chi connectivity index (χ1) is 14.9. The van der Waals surface area contributed by atoms with E-state index in [-0.39, 0.29) is 12.4 Å². The van der Waals surface area contributed by atoms with Crippen LogP contribution in [0.5, 0.6) is 0 Å². The van der Waals surface area contributed by atoms with E-state index in [2.05, 4.69) is 22.5 Å². The molecular weight excluding hydrogens is 494 g/mol. The molecule has 0 saturated heterocycles. The Balaban J connectivity index is 2.02. The fraction of sp³-hybridized carbons (Fsp3) is 0.167. The largest absolute Gasteiger partial charge is 0.462 e. The molecule has 31 heavy (non-hydrogen) atoms. The number of hydrogen-bond acceptors (Lipinski definition) is 5. The Kier molecular flexibility index (Phi) is 6.36. The number of fused-ring (bicyclic) bond motifs is 3. The number of thiophene rings is 1. The molecule has 158 valence electrons. The standard InChI is InChI=1S/C24H20BrNO3S2/c1-4-29-23(28)18-17-7-5-6-12-26(17)20-19(18)22(31-24(20)30-13-14(2)3)21(27)15-8-10-16(25)11-9-15/h5-12H,2,4,13H2,1,3H3. The molecule has 0 fully saturated rings. The average molecular weight is 514 g/mol. The maximum Gasteiger partial charge on any atom is 0.341 e. The van der Waals surface area contributed by atoms with Crippen molar-refractivity contribution in [2.45, 2.75) is 18.1 Å². The highest BCUT2D eigenvalue weighted by molar-refractivity contribution is 9.10. The SMILES string of the molecule is C=C(C)CSc1sc(C(=O)c2ccc(Br)cc2)c2c(C(=O)OCC)c3ccccn3c12. The van der Waals surface area contributed by atoms with Gasteiger partial charge in [-0.3, -0.25) is 4.79 Å². The van der Waals surface area contributed by atoms with Crippen molar-refractivity contribution in [3.05, 3.63) is 81.3 Å². The molecule has 0 N–H and O–H groups in total. The third-order valence-corrected chi connectivity index (χ3v) is 7.90. The minimum Gasteiger partial charge on any atom is -0.462 e. The van der Waals surface area contributed by atoms with Crippen molar-refractivity contribution in [1.82, 2.24) is 4.40 Å². The van der Waals surface area contributed by atoms with Gasteiger partial charge in [-0.15, -0.1) is 23.1 Å². The van der Waals surface area contributed by atoms with Crippen LogP contribution in [0.25, 0.3) is 16.4 Å². The summed E-state index contributed by atoms with van der Waals surface area (Å²) in [5.41, 5.74) is 3.67. The second kappa shape index (κ2) is 9.02. The van der Waals surface area contributed by atoms with Crippen molar-refractivity contribution in [2.75, 3.05) is 12.4 Å². The Morgan fingerprint density at radius 1 is 1.19 bits per heavy atom. The molecule has 0 aliphatic rings. The first kappa shape index (κ1) is 21.9. The Labute approximate surface area is 197 Å². The number of ether oxygens (including phenoxy) is 1.